The molecule has 0 radical (unpaired) electrons. The minimum absolute atomic E-state index is 0.0132. The molecule has 1 saturated carbocycles. The minimum atomic E-state index is -2.62. The SMILES string of the molecule is CCCc1cc(=O)n2[nH]c(NC(=O)CCC3CC3(F)F)nc2n1. The van der Waals surface area contributed by atoms with Crippen LogP contribution in [0.3, 0.4) is 0 Å². The van der Waals surface area contributed by atoms with E-state index >= 15 is 0 Å². The van der Waals surface area contributed by atoms with E-state index in [9.17, 15) is 18.4 Å². The second-order valence-electron chi connectivity index (χ2n) is 5.79. The maximum absolute atomic E-state index is 12.8. The Morgan fingerprint density at radius 2 is 2.26 bits per heavy atom. The lowest BCUT2D eigenvalue weighted by Gasteiger charge is -2.00. The van der Waals surface area contributed by atoms with Crippen molar-refractivity contribution < 1.29 is 13.6 Å². The molecule has 1 aliphatic carbocycles. The topological polar surface area (TPSA) is 92.2 Å². The van der Waals surface area contributed by atoms with Crippen LogP contribution in [0.5, 0.6) is 0 Å². The number of carbonyl (C=O) groups is 1. The molecule has 0 aliphatic heterocycles. The van der Waals surface area contributed by atoms with Crippen LogP contribution in [0.15, 0.2) is 10.9 Å². The molecule has 0 spiro atoms. The van der Waals surface area contributed by atoms with Gasteiger partial charge in [0.25, 0.3) is 17.3 Å². The van der Waals surface area contributed by atoms with Crippen LogP contribution in [-0.4, -0.2) is 31.4 Å². The van der Waals surface area contributed by atoms with Gasteiger partial charge in [-0.1, -0.05) is 13.3 Å². The summed E-state index contributed by atoms with van der Waals surface area (Å²) in [7, 11) is 0. The molecule has 124 valence electrons. The normalized spacial score (nSPS) is 19.0. The molecule has 2 aromatic heterocycles. The molecule has 1 unspecified atom stereocenters. The first-order chi connectivity index (χ1) is 10.9. The number of alkyl halides is 2. The molecule has 2 N–H and O–H groups in total. The van der Waals surface area contributed by atoms with Crippen molar-refractivity contribution in [2.45, 2.75) is 45.0 Å². The molecule has 3 rings (SSSR count). The van der Waals surface area contributed by atoms with E-state index in [-0.39, 0.29) is 36.5 Å². The fourth-order valence-corrected chi connectivity index (χ4v) is 2.45. The summed E-state index contributed by atoms with van der Waals surface area (Å²) in [6.45, 7) is 1.98. The summed E-state index contributed by atoms with van der Waals surface area (Å²) in [4.78, 5) is 32.0. The van der Waals surface area contributed by atoms with Crippen LogP contribution in [0.4, 0.5) is 14.7 Å². The molecule has 0 aromatic carbocycles. The predicted octanol–water partition coefficient (Wildman–Crippen LogP) is 1.74. The van der Waals surface area contributed by atoms with Gasteiger partial charge in [0.2, 0.25) is 11.9 Å². The maximum atomic E-state index is 12.8. The molecule has 1 aliphatic rings. The quantitative estimate of drug-likeness (QED) is 0.846. The first-order valence-corrected chi connectivity index (χ1v) is 7.55. The number of aromatic amines is 1. The fraction of sp³-hybridized carbons (Fsp3) is 0.571. The Kier molecular flexibility index (Phi) is 3.87. The van der Waals surface area contributed by atoms with E-state index in [1.54, 1.807) is 0 Å². The maximum Gasteiger partial charge on any atom is 0.274 e. The number of aromatic nitrogens is 4. The molecule has 2 heterocycles. The van der Waals surface area contributed by atoms with Crippen molar-refractivity contribution in [2.24, 2.45) is 5.92 Å². The van der Waals surface area contributed by atoms with Crippen molar-refractivity contribution in [1.82, 2.24) is 19.6 Å². The molecule has 1 fully saturated rings. The highest BCUT2D eigenvalue weighted by atomic mass is 19.3. The van der Waals surface area contributed by atoms with Gasteiger partial charge in [0.05, 0.1) is 5.69 Å². The van der Waals surface area contributed by atoms with Gasteiger partial charge >= 0.3 is 0 Å². The summed E-state index contributed by atoms with van der Waals surface area (Å²) in [5.74, 6) is -3.49. The van der Waals surface area contributed by atoms with Crippen molar-refractivity contribution in [1.29, 1.82) is 0 Å². The molecule has 7 nitrogen and oxygen atoms in total. The molecule has 1 atom stereocenters. The zero-order valence-corrected chi connectivity index (χ0v) is 12.6. The highest BCUT2D eigenvalue weighted by Gasteiger charge is 2.56. The van der Waals surface area contributed by atoms with Gasteiger partial charge in [-0.15, -0.1) is 0 Å². The van der Waals surface area contributed by atoms with Gasteiger partial charge in [0.15, 0.2) is 0 Å². The Morgan fingerprint density at radius 3 is 2.91 bits per heavy atom. The van der Waals surface area contributed by atoms with Crippen LogP contribution in [0.1, 0.15) is 38.3 Å². The molecular weight excluding hydrogens is 308 g/mol. The third-order valence-electron chi connectivity index (χ3n) is 3.82. The third kappa shape index (κ3) is 3.38. The lowest BCUT2D eigenvalue weighted by atomic mass is 10.2. The lowest BCUT2D eigenvalue weighted by Crippen LogP contribution is -2.16. The van der Waals surface area contributed by atoms with Gasteiger partial charge in [-0.2, -0.15) is 9.50 Å². The molecule has 1 amide bonds. The predicted molar refractivity (Wildman–Crippen MR) is 78.5 cm³/mol. The van der Waals surface area contributed by atoms with Gasteiger partial charge in [0, 0.05) is 24.8 Å². The highest BCUT2D eigenvalue weighted by Crippen LogP contribution is 2.51. The number of rotatable bonds is 6. The number of H-pyrrole nitrogens is 1. The fourth-order valence-electron chi connectivity index (χ4n) is 2.45. The number of amides is 1. The average Bonchev–Trinajstić information content (AvgIpc) is 2.88. The van der Waals surface area contributed by atoms with E-state index in [0.717, 1.165) is 10.9 Å². The molecule has 23 heavy (non-hydrogen) atoms. The number of carbonyl (C=O) groups excluding carboxylic acids is 1. The van der Waals surface area contributed by atoms with Gasteiger partial charge in [-0.25, -0.2) is 13.8 Å². The van der Waals surface area contributed by atoms with E-state index in [0.29, 0.717) is 12.1 Å². The number of hydrogen-bond acceptors (Lipinski definition) is 4. The largest absolute Gasteiger partial charge is 0.295 e. The number of aryl methyl sites for hydroxylation is 1. The van der Waals surface area contributed by atoms with Crippen LogP contribution in [0.25, 0.3) is 5.78 Å². The van der Waals surface area contributed by atoms with Crippen molar-refractivity contribution in [3.63, 3.8) is 0 Å². The summed E-state index contributed by atoms with van der Waals surface area (Å²) in [5, 5.41) is 5.10. The summed E-state index contributed by atoms with van der Waals surface area (Å²) in [5.41, 5.74) is 0.321. The van der Waals surface area contributed by atoms with E-state index < -0.39 is 17.7 Å². The molecule has 0 bridgehead atoms. The minimum Gasteiger partial charge on any atom is -0.295 e. The van der Waals surface area contributed by atoms with Crippen LogP contribution in [0, 0.1) is 5.92 Å². The van der Waals surface area contributed by atoms with Gasteiger partial charge in [-0.3, -0.25) is 20.0 Å². The monoisotopic (exact) mass is 325 g/mol. The van der Waals surface area contributed by atoms with Crippen molar-refractivity contribution in [3.05, 3.63) is 22.1 Å². The smallest absolute Gasteiger partial charge is 0.274 e. The molecular formula is C14H17F2N5O2. The number of hydrogen-bond donors (Lipinski definition) is 2. The standard InChI is InChI=1S/C14H17F2N5O2/c1-2-3-9-6-11(23)21-13(17-9)19-12(20-21)18-10(22)5-4-8-7-14(8,15)16/h6,8H,2-5,7H2,1H3,(H2,17,18,19,20,22). The van der Waals surface area contributed by atoms with Gasteiger partial charge < -0.3 is 0 Å². The number of fused-ring (bicyclic) bond motifs is 1. The first-order valence-electron chi connectivity index (χ1n) is 7.55. The summed E-state index contributed by atoms with van der Waals surface area (Å²) in [6.07, 6.45) is 1.49. The number of nitrogens with zero attached hydrogens (tertiary/aromatic N) is 3. The third-order valence-corrected chi connectivity index (χ3v) is 3.82. The Labute approximate surface area is 130 Å². The van der Waals surface area contributed by atoms with Crippen LogP contribution in [-0.2, 0) is 11.2 Å². The number of nitrogens with one attached hydrogen (secondary N) is 2. The van der Waals surface area contributed by atoms with Crippen molar-refractivity contribution in [2.75, 3.05) is 5.32 Å². The molecule has 9 heteroatoms. The molecule has 2 aromatic rings. The van der Waals surface area contributed by atoms with Crippen molar-refractivity contribution in [3.8, 4) is 0 Å². The molecule has 0 saturated heterocycles. The number of anilines is 1. The Balaban J connectivity index is 1.67. The Bertz CT molecular complexity index is 798. The Hall–Kier alpha value is -2.32. The highest BCUT2D eigenvalue weighted by molar-refractivity contribution is 5.89. The van der Waals surface area contributed by atoms with Crippen LogP contribution in [0.2, 0.25) is 0 Å². The average molecular weight is 325 g/mol. The van der Waals surface area contributed by atoms with E-state index in [4.69, 9.17) is 0 Å². The van der Waals surface area contributed by atoms with Gasteiger partial charge in [0.1, 0.15) is 0 Å². The summed E-state index contributed by atoms with van der Waals surface area (Å²) in [6, 6.07) is 1.41. The second-order valence-corrected chi connectivity index (χ2v) is 5.79. The number of halogens is 2. The van der Waals surface area contributed by atoms with Gasteiger partial charge in [-0.05, 0) is 12.8 Å². The summed E-state index contributed by atoms with van der Waals surface area (Å²) >= 11 is 0. The van der Waals surface area contributed by atoms with E-state index in [1.807, 2.05) is 6.92 Å². The second kappa shape index (κ2) is 5.71. The van der Waals surface area contributed by atoms with E-state index in [1.165, 1.54) is 6.07 Å². The first kappa shape index (κ1) is 15.6. The Morgan fingerprint density at radius 1 is 1.52 bits per heavy atom. The zero-order chi connectivity index (χ0) is 16.6. The van der Waals surface area contributed by atoms with Crippen LogP contribution >= 0.6 is 0 Å². The van der Waals surface area contributed by atoms with Crippen molar-refractivity contribution >= 4 is 17.6 Å². The van der Waals surface area contributed by atoms with E-state index in [2.05, 4.69) is 20.4 Å². The summed E-state index contributed by atoms with van der Waals surface area (Å²) < 4.78 is 26.7. The zero-order valence-electron chi connectivity index (χ0n) is 12.6. The lowest BCUT2D eigenvalue weighted by molar-refractivity contribution is -0.116. The van der Waals surface area contributed by atoms with Crippen LogP contribution < -0.4 is 10.9 Å².